The van der Waals surface area contributed by atoms with Crippen LogP contribution in [0.1, 0.15) is 6.42 Å². The van der Waals surface area contributed by atoms with Gasteiger partial charge >= 0.3 is 0 Å². The number of hydrogen-bond acceptors (Lipinski definition) is 2. The van der Waals surface area contributed by atoms with E-state index in [0.717, 1.165) is 6.54 Å². The Morgan fingerprint density at radius 3 is 3.33 bits per heavy atom. The molecule has 1 atom stereocenters. The Kier molecular flexibility index (Phi) is 0.734. The fourth-order valence-electron chi connectivity index (χ4n) is 1.11. The van der Waals surface area contributed by atoms with Crippen molar-refractivity contribution in [2.75, 3.05) is 6.54 Å². The first-order chi connectivity index (χ1) is 4.36. The van der Waals surface area contributed by atoms with Gasteiger partial charge in [0.1, 0.15) is 0 Å². The van der Waals surface area contributed by atoms with Gasteiger partial charge in [-0.2, -0.15) is 0 Å². The Balaban J connectivity index is 2.30. The molecule has 3 nitrogen and oxygen atoms in total. The monoisotopic (exact) mass is 122 g/mol. The molecule has 0 saturated carbocycles. The van der Waals surface area contributed by atoms with Crippen LogP contribution in [0.5, 0.6) is 0 Å². The van der Waals surface area contributed by atoms with Crippen LogP contribution in [0.25, 0.3) is 0 Å². The minimum absolute atomic E-state index is 0.150. The second-order valence-electron chi connectivity index (χ2n) is 2.29. The van der Waals surface area contributed by atoms with Gasteiger partial charge in [0.2, 0.25) is 5.91 Å². The van der Waals surface area contributed by atoms with Crippen LogP contribution in [-0.2, 0) is 4.79 Å². The van der Waals surface area contributed by atoms with E-state index in [9.17, 15) is 4.79 Å². The van der Waals surface area contributed by atoms with E-state index in [1.54, 1.807) is 5.01 Å². The minimum atomic E-state index is 0.150. The van der Waals surface area contributed by atoms with Gasteiger partial charge in [-0.05, 0) is 0 Å². The third-order valence-corrected chi connectivity index (χ3v) is 1.59. The number of hydrogen-bond donors (Lipinski definition) is 1. The summed E-state index contributed by atoms with van der Waals surface area (Å²) < 4.78 is 0. The second-order valence-corrected chi connectivity index (χ2v) is 2.29. The molecule has 0 aromatic carbocycles. The van der Waals surface area contributed by atoms with Crippen LogP contribution in [0.4, 0.5) is 0 Å². The zero-order valence-corrected chi connectivity index (χ0v) is 4.85. The lowest BCUT2D eigenvalue weighted by atomic mass is 10.1. The third-order valence-electron chi connectivity index (χ3n) is 1.59. The summed E-state index contributed by atoms with van der Waals surface area (Å²) >= 11 is 0. The highest BCUT2D eigenvalue weighted by atomic mass is 16.2. The average molecular weight is 122 g/mol. The molecule has 1 saturated heterocycles. The zero-order chi connectivity index (χ0) is 6.27. The first-order valence-corrected chi connectivity index (χ1v) is 2.93. The van der Waals surface area contributed by atoms with Crippen molar-refractivity contribution in [1.29, 1.82) is 0 Å². The van der Waals surface area contributed by atoms with Crippen LogP contribution in [0.2, 0.25) is 0 Å². The van der Waals surface area contributed by atoms with Gasteiger partial charge in [-0.25, -0.2) is 5.01 Å². The topological polar surface area (TPSA) is 32.3 Å². The summed E-state index contributed by atoms with van der Waals surface area (Å²) in [6.07, 6.45) is 0.597. The molecule has 2 bridgehead atoms. The van der Waals surface area contributed by atoms with Crippen LogP contribution in [-0.4, -0.2) is 17.5 Å². The third kappa shape index (κ3) is 0.563. The van der Waals surface area contributed by atoms with E-state index >= 15 is 0 Å². The molecule has 1 amide bonds. The van der Waals surface area contributed by atoms with Gasteiger partial charge in [0.25, 0.3) is 0 Å². The average Bonchev–Trinajstić information content (AvgIpc) is 2.09. The van der Waals surface area contributed by atoms with E-state index in [1.807, 2.05) is 0 Å². The van der Waals surface area contributed by atoms with Crippen molar-refractivity contribution >= 4 is 5.91 Å². The maximum absolute atomic E-state index is 10.8. The number of amides is 1. The summed E-state index contributed by atoms with van der Waals surface area (Å²) in [7, 11) is 0. The Labute approximate surface area is 53.0 Å². The molecule has 9 heavy (non-hydrogen) atoms. The quantitative estimate of drug-likeness (QED) is 0.431. The Morgan fingerprint density at radius 2 is 2.67 bits per heavy atom. The molecule has 2 aliphatic heterocycles. The number of nitrogens with zero attached hydrogens (tertiary/aromatic N) is 1. The number of fused-ring (bicyclic) bond motifs is 2. The van der Waals surface area contributed by atoms with E-state index in [0.29, 0.717) is 12.3 Å². The molecule has 2 aliphatic rings. The predicted octanol–water partition coefficient (Wildman–Crippen LogP) is -0.686. The van der Waals surface area contributed by atoms with Gasteiger partial charge < -0.3 is 0 Å². The van der Waals surface area contributed by atoms with E-state index in [4.69, 9.17) is 0 Å². The molecular formula is C6H6N2O. The zero-order valence-electron chi connectivity index (χ0n) is 4.85. The highest BCUT2D eigenvalue weighted by Crippen LogP contribution is 2.16. The van der Waals surface area contributed by atoms with Crippen LogP contribution >= 0.6 is 0 Å². The maximum Gasteiger partial charge on any atom is 0.242 e. The molecule has 0 aromatic rings. The van der Waals surface area contributed by atoms with Crippen molar-refractivity contribution in [3.8, 4) is 12.0 Å². The molecule has 46 valence electrons. The molecule has 0 spiro atoms. The van der Waals surface area contributed by atoms with Crippen molar-refractivity contribution in [3.05, 3.63) is 0 Å². The lowest BCUT2D eigenvalue weighted by molar-refractivity contribution is -0.129. The smallest absolute Gasteiger partial charge is 0.242 e. The van der Waals surface area contributed by atoms with Gasteiger partial charge in [0.05, 0.1) is 12.5 Å². The van der Waals surface area contributed by atoms with Crippen molar-refractivity contribution in [2.45, 2.75) is 6.42 Å². The van der Waals surface area contributed by atoms with E-state index in [-0.39, 0.29) is 5.91 Å². The van der Waals surface area contributed by atoms with Crippen LogP contribution in [0.15, 0.2) is 0 Å². The molecule has 2 rings (SSSR count). The Bertz CT molecular complexity index is 213. The number of nitrogens with one attached hydrogen (secondary N) is 1. The number of carbonyl (C=O) groups is 1. The van der Waals surface area contributed by atoms with Crippen molar-refractivity contribution in [2.24, 2.45) is 5.92 Å². The predicted molar refractivity (Wildman–Crippen MR) is 30.7 cm³/mol. The summed E-state index contributed by atoms with van der Waals surface area (Å²) in [5, 5.41) is 1.57. The lowest BCUT2D eigenvalue weighted by Gasteiger charge is -2.14. The lowest BCUT2D eigenvalue weighted by Crippen LogP contribution is -2.37. The number of hydrazine groups is 1. The van der Waals surface area contributed by atoms with Gasteiger partial charge in [0.15, 0.2) is 0 Å². The van der Waals surface area contributed by atoms with Gasteiger partial charge in [-0.1, -0.05) is 5.92 Å². The fraction of sp³-hybridized carbons (Fsp3) is 0.500. The molecule has 2 heterocycles. The summed E-state index contributed by atoms with van der Waals surface area (Å²) in [5.41, 5.74) is 2.68. The highest BCUT2D eigenvalue weighted by Gasteiger charge is 2.29. The highest BCUT2D eigenvalue weighted by molar-refractivity contribution is 5.79. The summed E-state index contributed by atoms with van der Waals surface area (Å²) in [6, 6.07) is 2.68. The summed E-state index contributed by atoms with van der Waals surface area (Å²) in [4.78, 5) is 10.8. The Morgan fingerprint density at radius 1 is 1.78 bits per heavy atom. The minimum Gasteiger partial charge on any atom is -0.273 e. The molecule has 0 aliphatic carbocycles. The number of rotatable bonds is 0. The van der Waals surface area contributed by atoms with Crippen LogP contribution in [0.3, 0.4) is 0 Å². The van der Waals surface area contributed by atoms with Gasteiger partial charge in [0, 0.05) is 12.5 Å². The Hall–Kier alpha value is -1.17. The fourth-order valence-corrected chi connectivity index (χ4v) is 1.11. The van der Waals surface area contributed by atoms with Crippen molar-refractivity contribution in [3.63, 3.8) is 0 Å². The molecular weight excluding hydrogens is 116 g/mol. The van der Waals surface area contributed by atoms with Crippen molar-refractivity contribution in [1.82, 2.24) is 10.4 Å². The van der Waals surface area contributed by atoms with Crippen LogP contribution < -0.4 is 5.43 Å². The van der Waals surface area contributed by atoms with Crippen LogP contribution in [0, 0.1) is 17.9 Å². The van der Waals surface area contributed by atoms with Gasteiger partial charge in [-0.15, -0.1) is 0 Å². The van der Waals surface area contributed by atoms with E-state index in [1.165, 1.54) is 0 Å². The molecule has 1 unspecified atom stereocenters. The summed E-state index contributed by atoms with van der Waals surface area (Å²) in [6.45, 7) is 0.770. The first kappa shape index (κ1) is 4.68. The molecule has 0 radical (unpaired) electrons. The number of carbonyl (C=O) groups excluding carboxylic acids is 1. The second kappa shape index (κ2) is 1.41. The molecule has 1 fully saturated rings. The maximum atomic E-state index is 10.8. The van der Waals surface area contributed by atoms with Gasteiger partial charge in [-0.3, -0.25) is 10.2 Å². The van der Waals surface area contributed by atoms with E-state index < -0.39 is 0 Å². The SMILES string of the molecule is O=C1CC2C#CNN1C2. The van der Waals surface area contributed by atoms with E-state index in [2.05, 4.69) is 17.4 Å². The first-order valence-electron chi connectivity index (χ1n) is 2.93. The molecule has 0 aromatic heterocycles. The normalized spacial score (nSPS) is 29.1. The standard InChI is InChI=1S/C6H6N2O/c9-6-3-5-1-2-7-8(6)4-5/h5,7H,3-4H2. The largest absolute Gasteiger partial charge is 0.273 e. The molecule has 3 heteroatoms. The summed E-state index contributed by atoms with van der Waals surface area (Å²) in [5.74, 6) is 3.36. The molecule has 1 N–H and O–H groups in total. The van der Waals surface area contributed by atoms with Crippen molar-refractivity contribution < 1.29 is 4.79 Å².